The molecule has 1 aromatic carbocycles. The van der Waals surface area contributed by atoms with Crippen molar-refractivity contribution in [1.82, 2.24) is 0 Å². The van der Waals surface area contributed by atoms with E-state index in [1.54, 1.807) is 26.4 Å². The fourth-order valence-electron chi connectivity index (χ4n) is 1.57. The summed E-state index contributed by atoms with van der Waals surface area (Å²) in [5.74, 6) is 0.739. The van der Waals surface area contributed by atoms with Gasteiger partial charge in [0.05, 0.1) is 14.2 Å². The lowest BCUT2D eigenvalue weighted by molar-refractivity contribution is 0.0999. The molecule has 82 valence electrons. The third kappa shape index (κ3) is 2.03. The first-order valence-corrected chi connectivity index (χ1v) is 4.69. The van der Waals surface area contributed by atoms with E-state index in [4.69, 9.17) is 15.2 Å². The van der Waals surface area contributed by atoms with Crippen molar-refractivity contribution in [2.75, 3.05) is 14.2 Å². The smallest absolute Gasteiger partial charge is 0.249 e. The van der Waals surface area contributed by atoms with Crippen LogP contribution in [0.1, 0.15) is 22.8 Å². The standard InChI is InChI=1S/C11H15NO3/c1-4-7-8(11(12)13)5-6-9(14-2)10(7)15-3/h5-6H,4H2,1-3H3,(H2,12,13). The minimum Gasteiger partial charge on any atom is -0.493 e. The average Bonchev–Trinajstić information content (AvgIpc) is 2.26. The zero-order valence-electron chi connectivity index (χ0n) is 9.16. The lowest BCUT2D eigenvalue weighted by atomic mass is 10.0. The maximum absolute atomic E-state index is 11.2. The van der Waals surface area contributed by atoms with Gasteiger partial charge in [0.25, 0.3) is 0 Å². The second kappa shape index (κ2) is 4.68. The molecule has 0 atom stereocenters. The van der Waals surface area contributed by atoms with E-state index in [0.717, 1.165) is 5.56 Å². The number of amides is 1. The molecule has 0 bridgehead atoms. The molecule has 0 spiro atoms. The molecule has 0 fully saturated rings. The fraction of sp³-hybridized carbons (Fsp3) is 0.364. The van der Waals surface area contributed by atoms with Gasteiger partial charge >= 0.3 is 0 Å². The Labute approximate surface area is 89.0 Å². The summed E-state index contributed by atoms with van der Waals surface area (Å²) in [4.78, 5) is 11.2. The summed E-state index contributed by atoms with van der Waals surface area (Å²) < 4.78 is 10.4. The van der Waals surface area contributed by atoms with E-state index in [1.807, 2.05) is 6.92 Å². The summed E-state index contributed by atoms with van der Waals surface area (Å²) >= 11 is 0. The highest BCUT2D eigenvalue weighted by atomic mass is 16.5. The molecule has 0 aliphatic rings. The van der Waals surface area contributed by atoms with Gasteiger partial charge in [0.15, 0.2) is 11.5 Å². The molecular formula is C11H15NO3. The highest BCUT2D eigenvalue weighted by Gasteiger charge is 2.15. The van der Waals surface area contributed by atoms with Gasteiger partial charge in [0, 0.05) is 11.1 Å². The molecule has 0 heterocycles. The quantitative estimate of drug-likeness (QED) is 0.814. The summed E-state index contributed by atoms with van der Waals surface area (Å²) in [5, 5.41) is 0. The zero-order valence-corrected chi connectivity index (χ0v) is 9.16. The van der Waals surface area contributed by atoms with Gasteiger partial charge in [-0.2, -0.15) is 0 Å². The van der Waals surface area contributed by atoms with Crippen LogP contribution in [-0.4, -0.2) is 20.1 Å². The molecule has 4 nitrogen and oxygen atoms in total. The molecule has 4 heteroatoms. The molecular weight excluding hydrogens is 194 g/mol. The van der Waals surface area contributed by atoms with Gasteiger partial charge in [0.1, 0.15) is 0 Å². The summed E-state index contributed by atoms with van der Waals surface area (Å²) in [6.45, 7) is 1.93. The number of hydrogen-bond acceptors (Lipinski definition) is 3. The molecule has 0 unspecified atom stereocenters. The normalized spacial score (nSPS) is 9.80. The van der Waals surface area contributed by atoms with Crippen LogP contribution in [0.2, 0.25) is 0 Å². The summed E-state index contributed by atoms with van der Waals surface area (Å²) in [6.07, 6.45) is 0.665. The van der Waals surface area contributed by atoms with Crippen molar-refractivity contribution in [3.05, 3.63) is 23.3 Å². The Morgan fingerprint density at radius 2 is 2.00 bits per heavy atom. The number of carbonyl (C=O) groups excluding carboxylic acids is 1. The topological polar surface area (TPSA) is 61.6 Å². The first-order chi connectivity index (χ1) is 7.15. The number of hydrogen-bond donors (Lipinski definition) is 1. The van der Waals surface area contributed by atoms with Crippen molar-refractivity contribution in [3.8, 4) is 11.5 Å². The Hall–Kier alpha value is -1.71. The monoisotopic (exact) mass is 209 g/mol. The molecule has 15 heavy (non-hydrogen) atoms. The second-order valence-electron chi connectivity index (χ2n) is 3.04. The second-order valence-corrected chi connectivity index (χ2v) is 3.04. The number of methoxy groups -OCH3 is 2. The third-order valence-corrected chi connectivity index (χ3v) is 2.27. The molecule has 0 radical (unpaired) electrons. The molecule has 0 aliphatic heterocycles. The summed E-state index contributed by atoms with van der Waals surface area (Å²) in [7, 11) is 3.10. The SMILES string of the molecule is CCc1c(C(N)=O)ccc(OC)c1OC. The minimum atomic E-state index is -0.451. The van der Waals surface area contributed by atoms with Gasteiger partial charge in [-0.1, -0.05) is 6.92 Å². The van der Waals surface area contributed by atoms with Gasteiger partial charge in [-0.25, -0.2) is 0 Å². The van der Waals surface area contributed by atoms with Crippen molar-refractivity contribution < 1.29 is 14.3 Å². The maximum atomic E-state index is 11.2. The van der Waals surface area contributed by atoms with Gasteiger partial charge in [0.2, 0.25) is 5.91 Å². The van der Waals surface area contributed by atoms with Crippen molar-refractivity contribution >= 4 is 5.91 Å². The molecule has 1 rings (SSSR count). The van der Waals surface area contributed by atoms with E-state index in [0.29, 0.717) is 23.5 Å². The van der Waals surface area contributed by atoms with Crippen molar-refractivity contribution in [2.45, 2.75) is 13.3 Å². The average molecular weight is 209 g/mol. The van der Waals surface area contributed by atoms with Crippen LogP contribution in [0.25, 0.3) is 0 Å². The lowest BCUT2D eigenvalue weighted by Gasteiger charge is -2.14. The lowest BCUT2D eigenvalue weighted by Crippen LogP contribution is -2.14. The van der Waals surface area contributed by atoms with Crippen LogP contribution < -0.4 is 15.2 Å². The highest BCUT2D eigenvalue weighted by Crippen LogP contribution is 2.33. The fourth-order valence-corrected chi connectivity index (χ4v) is 1.57. The third-order valence-electron chi connectivity index (χ3n) is 2.27. The van der Waals surface area contributed by atoms with Crippen LogP contribution >= 0.6 is 0 Å². The first-order valence-electron chi connectivity index (χ1n) is 4.69. The van der Waals surface area contributed by atoms with Gasteiger partial charge in [-0.15, -0.1) is 0 Å². The largest absolute Gasteiger partial charge is 0.493 e. The molecule has 0 saturated heterocycles. The number of nitrogens with two attached hydrogens (primary N) is 1. The van der Waals surface area contributed by atoms with E-state index in [-0.39, 0.29) is 0 Å². The Kier molecular flexibility index (Phi) is 3.55. The summed E-state index contributed by atoms with van der Waals surface area (Å²) in [5.41, 5.74) is 6.53. The number of primary amides is 1. The Morgan fingerprint density at radius 3 is 2.40 bits per heavy atom. The van der Waals surface area contributed by atoms with Crippen LogP contribution in [0.3, 0.4) is 0 Å². The van der Waals surface area contributed by atoms with Gasteiger partial charge in [-0.3, -0.25) is 4.79 Å². The van der Waals surface area contributed by atoms with Crippen LogP contribution in [0, 0.1) is 0 Å². The van der Waals surface area contributed by atoms with Gasteiger partial charge in [-0.05, 0) is 18.6 Å². The molecule has 0 aromatic heterocycles. The Morgan fingerprint density at radius 1 is 1.33 bits per heavy atom. The predicted octanol–water partition coefficient (Wildman–Crippen LogP) is 1.37. The molecule has 0 saturated carbocycles. The Balaban J connectivity index is 3.40. The van der Waals surface area contributed by atoms with Crippen molar-refractivity contribution in [2.24, 2.45) is 5.73 Å². The predicted molar refractivity (Wildman–Crippen MR) is 57.4 cm³/mol. The first kappa shape index (κ1) is 11.4. The summed E-state index contributed by atoms with van der Waals surface area (Å²) in [6, 6.07) is 3.33. The van der Waals surface area contributed by atoms with Crippen LogP contribution in [0.5, 0.6) is 11.5 Å². The van der Waals surface area contributed by atoms with Crippen LogP contribution in [0.15, 0.2) is 12.1 Å². The maximum Gasteiger partial charge on any atom is 0.249 e. The van der Waals surface area contributed by atoms with Crippen LogP contribution in [0.4, 0.5) is 0 Å². The van der Waals surface area contributed by atoms with E-state index in [9.17, 15) is 4.79 Å². The zero-order chi connectivity index (χ0) is 11.4. The minimum absolute atomic E-state index is 0.451. The van der Waals surface area contributed by atoms with E-state index >= 15 is 0 Å². The van der Waals surface area contributed by atoms with Crippen molar-refractivity contribution in [3.63, 3.8) is 0 Å². The molecule has 1 amide bonds. The van der Waals surface area contributed by atoms with E-state index in [1.165, 1.54) is 0 Å². The molecule has 2 N–H and O–H groups in total. The number of ether oxygens (including phenoxy) is 2. The van der Waals surface area contributed by atoms with E-state index < -0.39 is 5.91 Å². The van der Waals surface area contributed by atoms with Crippen LogP contribution in [-0.2, 0) is 6.42 Å². The number of rotatable bonds is 4. The number of carbonyl (C=O) groups is 1. The molecule has 1 aromatic rings. The van der Waals surface area contributed by atoms with Gasteiger partial charge < -0.3 is 15.2 Å². The van der Waals surface area contributed by atoms with Crippen molar-refractivity contribution in [1.29, 1.82) is 0 Å². The Bertz CT molecular complexity index is 374. The molecule has 0 aliphatic carbocycles. The highest BCUT2D eigenvalue weighted by molar-refractivity contribution is 5.95. The van der Waals surface area contributed by atoms with E-state index in [2.05, 4.69) is 0 Å². The number of benzene rings is 1.